The Morgan fingerprint density at radius 3 is 2.94 bits per heavy atom. The highest BCUT2D eigenvalue weighted by Gasteiger charge is 2.16. The minimum Gasteiger partial charge on any atom is -0.493 e. The first-order valence-electron chi connectivity index (χ1n) is 5.91. The van der Waals surface area contributed by atoms with Gasteiger partial charge in [-0.3, -0.25) is 10.2 Å². The van der Waals surface area contributed by atoms with E-state index in [2.05, 4.69) is 5.43 Å². The van der Waals surface area contributed by atoms with Crippen molar-refractivity contribution in [3.05, 3.63) is 30.5 Å². The van der Waals surface area contributed by atoms with Crippen molar-refractivity contribution >= 4 is 16.8 Å². The van der Waals surface area contributed by atoms with Crippen LogP contribution in [0.15, 0.2) is 30.5 Å². The molecule has 18 heavy (non-hydrogen) atoms. The van der Waals surface area contributed by atoms with E-state index in [-0.39, 0.29) is 11.9 Å². The van der Waals surface area contributed by atoms with Gasteiger partial charge >= 0.3 is 0 Å². The Morgan fingerprint density at radius 1 is 1.50 bits per heavy atom. The normalized spacial score (nSPS) is 12.4. The van der Waals surface area contributed by atoms with Crippen molar-refractivity contribution in [3.8, 4) is 5.75 Å². The van der Waals surface area contributed by atoms with Crippen LogP contribution in [-0.2, 0) is 4.79 Å². The van der Waals surface area contributed by atoms with E-state index in [1.54, 1.807) is 6.92 Å². The summed E-state index contributed by atoms with van der Waals surface area (Å²) in [7, 11) is 0. The Hall–Kier alpha value is -2.01. The van der Waals surface area contributed by atoms with Gasteiger partial charge in [-0.05, 0) is 32.0 Å². The first-order chi connectivity index (χ1) is 8.69. The summed E-state index contributed by atoms with van der Waals surface area (Å²) in [5.41, 5.74) is 3.12. The van der Waals surface area contributed by atoms with Crippen LogP contribution in [0.5, 0.6) is 5.75 Å². The van der Waals surface area contributed by atoms with Crippen molar-refractivity contribution in [1.82, 2.24) is 9.99 Å². The van der Waals surface area contributed by atoms with Crippen LogP contribution in [0.3, 0.4) is 0 Å². The molecule has 96 valence electrons. The molecule has 1 unspecified atom stereocenters. The molecule has 0 fully saturated rings. The summed E-state index contributed by atoms with van der Waals surface area (Å²) in [6, 6.07) is 7.38. The van der Waals surface area contributed by atoms with Crippen LogP contribution >= 0.6 is 0 Å². The molecule has 1 atom stereocenters. The van der Waals surface area contributed by atoms with Gasteiger partial charge in [0.15, 0.2) is 0 Å². The number of hydrogen-bond acceptors (Lipinski definition) is 3. The van der Waals surface area contributed by atoms with Gasteiger partial charge in [-0.15, -0.1) is 0 Å². The van der Waals surface area contributed by atoms with Gasteiger partial charge in [0, 0.05) is 11.6 Å². The standard InChI is InChI=1S/C13H17N3O2/c1-3-18-12-6-4-5-11-10(12)7-8-16(11)9(2)13(17)15-14/h4-9H,3,14H2,1-2H3,(H,15,17). The lowest BCUT2D eigenvalue weighted by Crippen LogP contribution is -2.35. The summed E-state index contributed by atoms with van der Waals surface area (Å²) in [5.74, 6) is 5.76. The van der Waals surface area contributed by atoms with Gasteiger partial charge in [-0.25, -0.2) is 5.84 Å². The van der Waals surface area contributed by atoms with Gasteiger partial charge in [0.2, 0.25) is 0 Å². The fourth-order valence-corrected chi connectivity index (χ4v) is 2.03. The maximum absolute atomic E-state index is 11.6. The van der Waals surface area contributed by atoms with Crippen molar-refractivity contribution in [2.75, 3.05) is 6.61 Å². The molecule has 1 heterocycles. The minimum absolute atomic E-state index is 0.227. The number of nitrogens with one attached hydrogen (secondary N) is 1. The highest BCUT2D eigenvalue weighted by molar-refractivity contribution is 5.89. The Labute approximate surface area is 105 Å². The average Bonchev–Trinajstić information content (AvgIpc) is 2.82. The first-order valence-corrected chi connectivity index (χ1v) is 5.91. The van der Waals surface area contributed by atoms with Crippen molar-refractivity contribution in [2.24, 2.45) is 5.84 Å². The van der Waals surface area contributed by atoms with Crippen LogP contribution in [-0.4, -0.2) is 17.1 Å². The summed E-state index contributed by atoms with van der Waals surface area (Å²) in [4.78, 5) is 11.6. The van der Waals surface area contributed by atoms with Gasteiger partial charge in [0.25, 0.3) is 5.91 Å². The molecule has 0 saturated carbocycles. The predicted molar refractivity (Wildman–Crippen MR) is 70.1 cm³/mol. The van der Waals surface area contributed by atoms with Crippen molar-refractivity contribution < 1.29 is 9.53 Å². The molecule has 5 nitrogen and oxygen atoms in total. The minimum atomic E-state index is -0.357. The Morgan fingerprint density at radius 2 is 2.28 bits per heavy atom. The third kappa shape index (κ3) is 2.04. The molecule has 2 aromatic rings. The van der Waals surface area contributed by atoms with Crippen molar-refractivity contribution in [1.29, 1.82) is 0 Å². The second kappa shape index (κ2) is 5.10. The Bertz CT molecular complexity index is 562. The molecular formula is C13H17N3O2. The Balaban J connectivity index is 2.48. The third-order valence-electron chi connectivity index (χ3n) is 2.96. The number of nitrogens with two attached hydrogens (primary N) is 1. The number of carbonyl (C=O) groups excluding carboxylic acids is 1. The quantitative estimate of drug-likeness (QED) is 0.489. The number of fused-ring (bicyclic) bond motifs is 1. The molecule has 0 aliphatic rings. The van der Waals surface area contributed by atoms with Crippen LogP contribution in [0.25, 0.3) is 10.9 Å². The van der Waals surface area contributed by atoms with E-state index in [0.717, 1.165) is 16.7 Å². The molecule has 1 aromatic heterocycles. The summed E-state index contributed by atoms with van der Waals surface area (Å²) in [5, 5.41) is 0.996. The maximum atomic E-state index is 11.6. The number of nitrogens with zero attached hydrogens (tertiary/aromatic N) is 1. The molecule has 0 aliphatic heterocycles. The molecule has 0 radical (unpaired) electrons. The van der Waals surface area contributed by atoms with Crippen LogP contribution in [0.2, 0.25) is 0 Å². The summed E-state index contributed by atoms with van der Waals surface area (Å²) in [6.07, 6.45) is 1.87. The topological polar surface area (TPSA) is 69.3 Å². The number of amides is 1. The van der Waals surface area contributed by atoms with Crippen molar-refractivity contribution in [2.45, 2.75) is 19.9 Å². The fraction of sp³-hybridized carbons (Fsp3) is 0.308. The Kier molecular flexibility index (Phi) is 3.53. The van der Waals surface area contributed by atoms with Gasteiger partial charge in [0.05, 0.1) is 12.1 Å². The van der Waals surface area contributed by atoms with Gasteiger partial charge < -0.3 is 9.30 Å². The lowest BCUT2D eigenvalue weighted by Gasteiger charge is -2.13. The zero-order valence-electron chi connectivity index (χ0n) is 10.5. The lowest BCUT2D eigenvalue weighted by molar-refractivity contribution is -0.123. The van der Waals surface area contributed by atoms with Crippen LogP contribution in [0.4, 0.5) is 0 Å². The summed E-state index contributed by atoms with van der Waals surface area (Å²) < 4.78 is 7.44. The van der Waals surface area contributed by atoms with E-state index in [1.807, 2.05) is 42.0 Å². The largest absolute Gasteiger partial charge is 0.493 e. The van der Waals surface area contributed by atoms with Crippen molar-refractivity contribution in [3.63, 3.8) is 0 Å². The second-order valence-electron chi connectivity index (χ2n) is 4.03. The van der Waals surface area contributed by atoms with Crippen LogP contribution < -0.4 is 16.0 Å². The number of hydrazine groups is 1. The van der Waals surface area contributed by atoms with E-state index in [9.17, 15) is 4.79 Å². The second-order valence-corrected chi connectivity index (χ2v) is 4.03. The monoisotopic (exact) mass is 247 g/mol. The number of hydrogen-bond donors (Lipinski definition) is 2. The molecule has 3 N–H and O–H groups in total. The van der Waals surface area contributed by atoms with E-state index in [1.165, 1.54) is 0 Å². The average molecular weight is 247 g/mol. The number of rotatable bonds is 4. The number of aromatic nitrogens is 1. The van der Waals surface area contributed by atoms with Gasteiger partial charge in [-0.1, -0.05) is 6.07 Å². The SMILES string of the molecule is CCOc1cccc2c1ccn2C(C)C(=O)NN. The highest BCUT2D eigenvalue weighted by Crippen LogP contribution is 2.28. The first kappa shape index (κ1) is 12.4. The molecular weight excluding hydrogens is 230 g/mol. The molecule has 0 bridgehead atoms. The van der Waals surface area contributed by atoms with E-state index in [0.29, 0.717) is 6.61 Å². The van der Waals surface area contributed by atoms with Gasteiger partial charge in [-0.2, -0.15) is 0 Å². The van der Waals surface area contributed by atoms with E-state index >= 15 is 0 Å². The molecule has 2 rings (SSSR count). The number of carbonyl (C=O) groups is 1. The van der Waals surface area contributed by atoms with E-state index in [4.69, 9.17) is 10.6 Å². The molecule has 1 aromatic carbocycles. The highest BCUT2D eigenvalue weighted by atomic mass is 16.5. The third-order valence-corrected chi connectivity index (χ3v) is 2.96. The molecule has 5 heteroatoms. The van der Waals surface area contributed by atoms with Crippen LogP contribution in [0, 0.1) is 0 Å². The number of ether oxygens (including phenoxy) is 1. The zero-order chi connectivity index (χ0) is 13.1. The number of benzene rings is 1. The molecule has 0 aliphatic carbocycles. The molecule has 1 amide bonds. The summed E-state index contributed by atoms with van der Waals surface area (Å²) in [6.45, 7) is 4.36. The lowest BCUT2D eigenvalue weighted by atomic mass is 10.2. The predicted octanol–water partition coefficient (Wildman–Crippen LogP) is 1.59. The fourth-order valence-electron chi connectivity index (χ4n) is 2.03. The zero-order valence-corrected chi connectivity index (χ0v) is 10.5. The summed E-state index contributed by atoms with van der Waals surface area (Å²) >= 11 is 0. The van der Waals surface area contributed by atoms with Crippen LogP contribution in [0.1, 0.15) is 19.9 Å². The smallest absolute Gasteiger partial charge is 0.256 e. The molecule has 0 saturated heterocycles. The van der Waals surface area contributed by atoms with Gasteiger partial charge in [0.1, 0.15) is 11.8 Å². The maximum Gasteiger partial charge on any atom is 0.256 e. The van der Waals surface area contributed by atoms with E-state index < -0.39 is 0 Å². The molecule has 0 spiro atoms.